The topological polar surface area (TPSA) is 88.4 Å². The molecule has 0 atom stereocenters. The Morgan fingerprint density at radius 3 is 2.36 bits per heavy atom. The number of benzene rings is 1. The molecule has 2 aromatic heterocycles. The van der Waals surface area contributed by atoms with E-state index in [2.05, 4.69) is 4.57 Å². The van der Waals surface area contributed by atoms with Crippen LogP contribution in [0.4, 0.5) is 0 Å². The van der Waals surface area contributed by atoms with Crippen LogP contribution in [0.1, 0.15) is 46.7 Å². The van der Waals surface area contributed by atoms with Gasteiger partial charge >= 0.3 is 0 Å². The Hall–Kier alpha value is -2.78. The molecule has 0 aliphatic carbocycles. The van der Waals surface area contributed by atoms with Gasteiger partial charge in [0, 0.05) is 44.8 Å². The monoisotopic (exact) mass is 467 g/mol. The van der Waals surface area contributed by atoms with Crippen LogP contribution in [0.2, 0.25) is 0 Å². The number of imidazole rings is 1. The highest BCUT2D eigenvalue weighted by Gasteiger charge is 2.31. The fraction of sp³-hybridized carbons (Fsp3) is 0.458. The third-order valence-corrected chi connectivity index (χ3v) is 8.52. The lowest BCUT2D eigenvalue weighted by Gasteiger charge is -2.34. The number of carbonyl (C=O) groups excluding carboxylic acids is 1. The van der Waals surface area contributed by atoms with Crippen molar-refractivity contribution in [1.82, 2.24) is 23.7 Å². The van der Waals surface area contributed by atoms with Gasteiger partial charge in [-0.15, -0.1) is 0 Å². The van der Waals surface area contributed by atoms with Crippen molar-refractivity contribution >= 4 is 27.1 Å². The molecule has 8 nitrogen and oxygen atoms in total. The lowest BCUT2D eigenvalue weighted by atomic mass is 10.1. The molecule has 0 spiro atoms. The molecular formula is C24H29N5O3S. The molecule has 1 amide bonds. The number of rotatable bonds is 3. The maximum Gasteiger partial charge on any atom is 0.256 e. The highest BCUT2D eigenvalue weighted by Crippen LogP contribution is 2.26. The summed E-state index contributed by atoms with van der Waals surface area (Å²) in [6, 6.07) is 8.70. The minimum absolute atomic E-state index is 0.105. The SMILES string of the molecule is Cc1ccc(S(=O)(=O)N2CCN(C(=O)c3cc(C)nc4c3nc3n4CCCCC3)CC2)cc1. The second kappa shape index (κ2) is 8.53. The zero-order chi connectivity index (χ0) is 23.2. The van der Waals surface area contributed by atoms with Gasteiger partial charge in [0.2, 0.25) is 10.0 Å². The number of amides is 1. The summed E-state index contributed by atoms with van der Waals surface area (Å²) >= 11 is 0. The molecule has 0 radical (unpaired) electrons. The molecule has 0 saturated carbocycles. The molecule has 9 heteroatoms. The summed E-state index contributed by atoms with van der Waals surface area (Å²) in [5.74, 6) is 0.898. The largest absolute Gasteiger partial charge is 0.336 e. The first-order valence-electron chi connectivity index (χ1n) is 11.6. The van der Waals surface area contributed by atoms with Crippen molar-refractivity contribution < 1.29 is 13.2 Å². The molecule has 174 valence electrons. The molecule has 2 aliphatic heterocycles. The van der Waals surface area contributed by atoms with Crippen LogP contribution in [0.25, 0.3) is 11.2 Å². The number of pyridine rings is 1. The van der Waals surface area contributed by atoms with Crippen molar-refractivity contribution in [3.8, 4) is 0 Å². The van der Waals surface area contributed by atoms with E-state index in [-0.39, 0.29) is 19.0 Å². The molecule has 2 aliphatic rings. The Balaban J connectivity index is 1.38. The molecule has 0 N–H and O–H groups in total. The van der Waals surface area contributed by atoms with E-state index in [1.54, 1.807) is 29.2 Å². The predicted molar refractivity (Wildman–Crippen MR) is 126 cm³/mol. The maximum atomic E-state index is 13.5. The van der Waals surface area contributed by atoms with Crippen molar-refractivity contribution in [3.63, 3.8) is 0 Å². The van der Waals surface area contributed by atoms with Crippen LogP contribution in [0.15, 0.2) is 35.2 Å². The minimum Gasteiger partial charge on any atom is -0.336 e. The third-order valence-electron chi connectivity index (χ3n) is 6.61. The standard InChI is InChI=1S/C24H29N5O3S/c1-17-7-9-19(10-8-17)33(31,32)28-14-12-27(13-15-28)24(30)20-16-18(2)25-23-22(20)26-21-6-4-3-5-11-29(21)23/h7-10,16H,3-6,11-15H2,1-2H3. The number of sulfonamides is 1. The lowest BCUT2D eigenvalue weighted by Crippen LogP contribution is -2.50. The summed E-state index contributed by atoms with van der Waals surface area (Å²) in [5, 5.41) is 0. The smallest absolute Gasteiger partial charge is 0.256 e. The Kier molecular flexibility index (Phi) is 5.70. The molecule has 1 saturated heterocycles. The molecule has 0 bridgehead atoms. The van der Waals surface area contributed by atoms with Gasteiger partial charge in [-0.25, -0.2) is 18.4 Å². The number of piperazine rings is 1. The first-order valence-corrected chi connectivity index (χ1v) is 13.0. The van der Waals surface area contributed by atoms with E-state index in [0.29, 0.717) is 29.1 Å². The number of nitrogens with zero attached hydrogens (tertiary/aromatic N) is 5. The average molecular weight is 468 g/mol. The Morgan fingerprint density at radius 2 is 1.64 bits per heavy atom. The third kappa shape index (κ3) is 4.04. The van der Waals surface area contributed by atoms with Crippen LogP contribution >= 0.6 is 0 Å². The molecule has 1 aromatic carbocycles. The van der Waals surface area contributed by atoms with Crippen molar-refractivity contribution in [1.29, 1.82) is 0 Å². The number of aromatic nitrogens is 3. The van der Waals surface area contributed by atoms with Crippen LogP contribution in [-0.2, 0) is 23.0 Å². The fourth-order valence-electron chi connectivity index (χ4n) is 4.74. The predicted octanol–water partition coefficient (Wildman–Crippen LogP) is 2.92. The van der Waals surface area contributed by atoms with Gasteiger partial charge in [-0.3, -0.25) is 4.79 Å². The first-order chi connectivity index (χ1) is 15.8. The van der Waals surface area contributed by atoms with E-state index in [9.17, 15) is 13.2 Å². The van der Waals surface area contributed by atoms with Crippen molar-refractivity contribution in [2.24, 2.45) is 0 Å². The summed E-state index contributed by atoms with van der Waals surface area (Å²) in [5.41, 5.74) is 3.82. The summed E-state index contributed by atoms with van der Waals surface area (Å²) in [6.07, 6.45) is 4.27. The van der Waals surface area contributed by atoms with Gasteiger partial charge in [0.1, 0.15) is 11.3 Å². The Labute approximate surface area is 194 Å². The van der Waals surface area contributed by atoms with Crippen molar-refractivity contribution in [2.75, 3.05) is 26.2 Å². The summed E-state index contributed by atoms with van der Waals surface area (Å²) < 4.78 is 29.6. The van der Waals surface area contributed by atoms with Crippen LogP contribution in [0.5, 0.6) is 0 Å². The van der Waals surface area contributed by atoms with Crippen LogP contribution < -0.4 is 0 Å². The van der Waals surface area contributed by atoms with Crippen LogP contribution in [-0.4, -0.2) is 64.2 Å². The van der Waals surface area contributed by atoms with Gasteiger partial charge in [0.25, 0.3) is 5.91 Å². The van der Waals surface area contributed by atoms with Crippen molar-refractivity contribution in [3.05, 3.63) is 53.0 Å². The second-order valence-electron chi connectivity index (χ2n) is 8.98. The normalized spacial score (nSPS) is 17.7. The molecular weight excluding hydrogens is 438 g/mol. The van der Waals surface area contributed by atoms with E-state index in [1.807, 2.05) is 19.9 Å². The average Bonchev–Trinajstić information content (AvgIpc) is 2.99. The lowest BCUT2D eigenvalue weighted by molar-refractivity contribution is 0.0699. The molecule has 3 aromatic rings. The molecule has 1 fully saturated rings. The van der Waals surface area contributed by atoms with Gasteiger partial charge in [0.15, 0.2) is 5.65 Å². The quantitative estimate of drug-likeness (QED) is 0.591. The van der Waals surface area contributed by atoms with E-state index in [1.165, 1.54) is 10.7 Å². The van der Waals surface area contributed by atoms with Crippen molar-refractivity contribution in [2.45, 2.75) is 51.0 Å². The molecule has 5 rings (SSSR count). The van der Waals surface area contributed by atoms with E-state index in [0.717, 1.165) is 48.5 Å². The fourth-order valence-corrected chi connectivity index (χ4v) is 6.16. The van der Waals surface area contributed by atoms with Gasteiger partial charge in [-0.05, 0) is 44.9 Å². The van der Waals surface area contributed by atoms with Gasteiger partial charge in [-0.1, -0.05) is 24.1 Å². The number of hydrogen-bond donors (Lipinski definition) is 0. The number of hydrogen-bond acceptors (Lipinski definition) is 5. The second-order valence-corrected chi connectivity index (χ2v) is 10.9. The number of fused-ring (bicyclic) bond motifs is 3. The number of carbonyl (C=O) groups is 1. The van der Waals surface area contributed by atoms with Crippen LogP contribution in [0, 0.1) is 13.8 Å². The minimum atomic E-state index is -3.57. The van der Waals surface area contributed by atoms with Gasteiger partial charge < -0.3 is 9.47 Å². The van der Waals surface area contributed by atoms with E-state index in [4.69, 9.17) is 9.97 Å². The summed E-state index contributed by atoms with van der Waals surface area (Å²) in [4.78, 5) is 25.0. The molecule has 33 heavy (non-hydrogen) atoms. The highest BCUT2D eigenvalue weighted by atomic mass is 32.2. The maximum absolute atomic E-state index is 13.5. The van der Waals surface area contributed by atoms with Crippen LogP contribution in [0.3, 0.4) is 0 Å². The first kappa shape index (κ1) is 22.0. The number of aryl methyl sites for hydroxylation is 4. The zero-order valence-corrected chi connectivity index (χ0v) is 19.9. The van der Waals surface area contributed by atoms with Gasteiger partial charge in [0.05, 0.1) is 10.5 Å². The van der Waals surface area contributed by atoms with E-state index >= 15 is 0 Å². The highest BCUT2D eigenvalue weighted by molar-refractivity contribution is 7.89. The molecule has 4 heterocycles. The Morgan fingerprint density at radius 1 is 0.909 bits per heavy atom. The zero-order valence-electron chi connectivity index (χ0n) is 19.1. The Bertz CT molecular complexity index is 1310. The summed E-state index contributed by atoms with van der Waals surface area (Å²) in [6.45, 7) is 5.95. The van der Waals surface area contributed by atoms with Gasteiger partial charge in [-0.2, -0.15) is 4.31 Å². The molecule has 0 unspecified atom stereocenters. The van der Waals surface area contributed by atoms with E-state index < -0.39 is 10.0 Å². The summed E-state index contributed by atoms with van der Waals surface area (Å²) in [7, 11) is -3.57.